The lowest BCUT2D eigenvalue weighted by Gasteiger charge is -2.13. The van der Waals surface area contributed by atoms with E-state index in [-0.39, 0.29) is 5.91 Å². The topological polar surface area (TPSA) is 87.0 Å². The van der Waals surface area contributed by atoms with Crippen LogP contribution in [0.5, 0.6) is 0 Å². The van der Waals surface area contributed by atoms with Gasteiger partial charge in [0.05, 0.1) is 17.6 Å². The van der Waals surface area contributed by atoms with Crippen LogP contribution < -0.4 is 11.1 Å². The quantitative estimate of drug-likeness (QED) is 0.692. The Kier molecular flexibility index (Phi) is 4.01. The third-order valence-corrected chi connectivity index (χ3v) is 2.97. The summed E-state index contributed by atoms with van der Waals surface area (Å²) in [4.78, 5) is 20.9. The number of aromatic amines is 1. The number of carbonyl (C=O) groups is 1. The highest BCUT2D eigenvalue weighted by molar-refractivity contribution is 5.78. The van der Waals surface area contributed by atoms with Crippen molar-refractivity contribution in [1.29, 1.82) is 0 Å². The summed E-state index contributed by atoms with van der Waals surface area (Å²) in [6.45, 7) is 1.37. The summed E-state index contributed by atoms with van der Waals surface area (Å²) < 4.78 is 0. The first kappa shape index (κ1) is 13.4. The molecule has 6 heteroatoms. The zero-order chi connectivity index (χ0) is 13.8. The molecule has 0 atom stereocenters. The zero-order valence-corrected chi connectivity index (χ0v) is 11.2. The van der Waals surface area contributed by atoms with Crippen LogP contribution in [0, 0.1) is 0 Å². The Bertz CT molecular complexity index is 577. The van der Waals surface area contributed by atoms with Gasteiger partial charge in [0.25, 0.3) is 0 Å². The van der Waals surface area contributed by atoms with Crippen LogP contribution in [-0.2, 0) is 11.3 Å². The Morgan fingerprint density at radius 1 is 1.53 bits per heavy atom. The molecular weight excluding hydrogens is 242 g/mol. The van der Waals surface area contributed by atoms with E-state index in [1.54, 1.807) is 7.05 Å². The van der Waals surface area contributed by atoms with Gasteiger partial charge in [0.2, 0.25) is 5.91 Å². The maximum Gasteiger partial charge on any atom is 0.221 e. The molecule has 1 heterocycles. The van der Waals surface area contributed by atoms with Crippen molar-refractivity contribution in [2.75, 3.05) is 26.4 Å². The van der Waals surface area contributed by atoms with Crippen LogP contribution in [0.4, 0.5) is 5.69 Å². The second-order valence-electron chi connectivity index (χ2n) is 4.62. The summed E-state index contributed by atoms with van der Waals surface area (Å²) in [7, 11) is 3.61. The Hall–Kier alpha value is -2.08. The minimum atomic E-state index is 0.0456. The molecule has 1 amide bonds. The molecule has 1 aromatic carbocycles. The third-order valence-electron chi connectivity index (χ3n) is 2.97. The zero-order valence-electron chi connectivity index (χ0n) is 11.2. The van der Waals surface area contributed by atoms with Crippen LogP contribution in [0.2, 0.25) is 0 Å². The van der Waals surface area contributed by atoms with E-state index < -0.39 is 0 Å². The number of nitrogen functional groups attached to an aromatic ring is 1. The fraction of sp³-hybridized carbons (Fsp3) is 0.385. The van der Waals surface area contributed by atoms with Crippen LogP contribution in [0.25, 0.3) is 11.0 Å². The molecule has 0 bridgehead atoms. The number of hydrogen-bond acceptors (Lipinski definition) is 4. The average molecular weight is 261 g/mol. The number of aromatic nitrogens is 2. The minimum absolute atomic E-state index is 0.0456. The first-order valence-electron chi connectivity index (χ1n) is 6.21. The van der Waals surface area contributed by atoms with Crippen molar-refractivity contribution in [2.24, 2.45) is 0 Å². The van der Waals surface area contributed by atoms with Gasteiger partial charge in [0, 0.05) is 25.7 Å². The van der Waals surface area contributed by atoms with Crippen molar-refractivity contribution in [2.45, 2.75) is 13.0 Å². The molecule has 0 unspecified atom stereocenters. The van der Waals surface area contributed by atoms with Gasteiger partial charge in [-0.15, -0.1) is 0 Å². The second-order valence-corrected chi connectivity index (χ2v) is 4.62. The highest BCUT2D eigenvalue weighted by Crippen LogP contribution is 2.15. The molecule has 0 aliphatic rings. The number of carbonyl (C=O) groups excluding carboxylic acids is 1. The number of nitrogens with zero attached hydrogens (tertiary/aromatic N) is 2. The highest BCUT2D eigenvalue weighted by Gasteiger charge is 2.07. The van der Waals surface area contributed by atoms with Crippen LogP contribution in [0.15, 0.2) is 18.2 Å². The summed E-state index contributed by atoms with van der Waals surface area (Å²) in [5.74, 6) is 0.921. The molecule has 0 saturated carbocycles. The predicted octanol–water partition coefficient (Wildman–Crippen LogP) is 0.713. The van der Waals surface area contributed by atoms with Crippen molar-refractivity contribution >= 4 is 22.6 Å². The minimum Gasteiger partial charge on any atom is -0.399 e. The lowest BCUT2D eigenvalue weighted by molar-refractivity contribution is -0.120. The van der Waals surface area contributed by atoms with Crippen LogP contribution in [0.1, 0.15) is 12.2 Å². The smallest absolute Gasteiger partial charge is 0.221 e. The Morgan fingerprint density at radius 2 is 2.32 bits per heavy atom. The number of anilines is 1. The van der Waals surface area contributed by atoms with Gasteiger partial charge >= 0.3 is 0 Å². The first-order chi connectivity index (χ1) is 9.08. The molecule has 1 aromatic heterocycles. The molecule has 0 fully saturated rings. The third kappa shape index (κ3) is 3.45. The van der Waals surface area contributed by atoms with Gasteiger partial charge in [-0.05, 0) is 25.2 Å². The van der Waals surface area contributed by atoms with Gasteiger partial charge in [-0.3, -0.25) is 9.69 Å². The molecule has 6 nitrogen and oxygen atoms in total. The number of amides is 1. The average Bonchev–Trinajstić information content (AvgIpc) is 2.77. The van der Waals surface area contributed by atoms with Crippen molar-refractivity contribution in [3.8, 4) is 0 Å². The number of H-pyrrole nitrogens is 1. The van der Waals surface area contributed by atoms with Gasteiger partial charge < -0.3 is 16.0 Å². The predicted molar refractivity (Wildman–Crippen MR) is 75.5 cm³/mol. The number of hydrogen-bond donors (Lipinski definition) is 3. The number of nitrogens with two attached hydrogens (primary N) is 1. The van der Waals surface area contributed by atoms with E-state index in [1.165, 1.54) is 0 Å². The van der Waals surface area contributed by atoms with E-state index in [9.17, 15) is 4.79 Å². The molecule has 0 radical (unpaired) electrons. The lowest BCUT2D eigenvalue weighted by Crippen LogP contribution is -2.26. The molecule has 2 rings (SSSR count). The molecule has 0 aliphatic carbocycles. The van der Waals surface area contributed by atoms with Gasteiger partial charge in [-0.25, -0.2) is 4.98 Å². The summed E-state index contributed by atoms with van der Waals surface area (Å²) in [6, 6.07) is 5.60. The van der Waals surface area contributed by atoms with E-state index in [0.717, 1.165) is 22.5 Å². The fourth-order valence-corrected chi connectivity index (χ4v) is 1.91. The summed E-state index contributed by atoms with van der Waals surface area (Å²) in [6.07, 6.45) is 0.486. The molecular formula is C13H19N5O. The van der Waals surface area contributed by atoms with E-state index in [0.29, 0.717) is 19.5 Å². The summed E-state index contributed by atoms with van der Waals surface area (Å²) in [5, 5.41) is 2.61. The Balaban J connectivity index is 1.98. The SMILES string of the molecule is CNC(=O)CCN(C)Cc1nc2ccc(N)cc2[nH]1. The van der Waals surface area contributed by atoms with Gasteiger partial charge in [-0.1, -0.05) is 0 Å². The lowest BCUT2D eigenvalue weighted by atomic mass is 10.3. The standard InChI is InChI=1S/C13H19N5O/c1-15-13(19)5-6-18(2)8-12-16-10-4-3-9(14)7-11(10)17-12/h3-4,7H,5-6,8,14H2,1-2H3,(H,15,19)(H,16,17). The molecule has 2 aromatic rings. The largest absolute Gasteiger partial charge is 0.399 e. The van der Waals surface area contributed by atoms with E-state index in [2.05, 4.69) is 20.2 Å². The van der Waals surface area contributed by atoms with Crippen LogP contribution in [-0.4, -0.2) is 41.4 Å². The van der Waals surface area contributed by atoms with Gasteiger partial charge in [0.15, 0.2) is 0 Å². The maximum atomic E-state index is 11.2. The Morgan fingerprint density at radius 3 is 3.05 bits per heavy atom. The van der Waals surface area contributed by atoms with Gasteiger partial charge in [-0.2, -0.15) is 0 Å². The highest BCUT2D eigenvalue weighted by atomic mass is 16.1. The van der Waals surface area contributed by atoms with Crippen LogP contribution >= 0.6 is 0 Å². The molecule has 0 aliphatic heterocycles. The second kappa shape index (κ2) is 5.71. The first-order valence-corrected chi connectivity index (χ1v) is 6.21. The number of fused-ring (bicyclic) bond motifs is 1. The van der Waals surface area contributed by atoms with E-state index in [4.69, 9.17) is 5.73 Å². The fourth-order valence-electron chi connectivity index (χ4n) is 1.91. The number of benzene rings is 1. The monoisotopic (exact) mass is 261 g/mol. The summed E-state index contributed by atoms with van der Waals surface area (Å²) >= 11 is 0. The van der Waals surface area contributed by atoms with Gasteiger partial charge in [0.1, 0.15) is 5.82 Å². The molecule has 19 heavy (non-hydrogen) atoms. The van der Waals surface area contributed by atoms with Crippen molar-refractivity contribution in [1.82, 2.24) is 20.2 Å². The molecule has 4 N–H and O–H groups in total. The summed E-state index contributed by atoms with van der Waals surface area (Å²) in [5.41, 5.74) is 8.29. The van der Waals surface area contributed by atoms with Crippen molar-refractivity contribution in [3.63, 3.8) is 0 Å². The normalized spacial score (nSPS) is 11.1. The van der Waals surface area contributed by atoms with Crippen LogP contribution in [0.3, 0.4) is 0 Å². The maximum absolute atomic E-state index is 11.2. The number of imidazole rings is 1. The number of rotatable bonds is 5. The van der Waals surface area contributed by atoms with Crippen molar-refractivity contribution < 1.29 is 4.79 Å². The Labute approximate surface area is 112 Å². The van der Waals surface area contributed by atoms with E-state index in [1.807, 2.05) is 25.2 Å². The molecule has 0 spiro atoms. The molecule has 102 valence electrons. The van der Waals surface area contributed by atoms with Crippen molar-refractivity contribution in [3.05, 3.63) is 24.0 Å². The molecule has 0 saturated heterocycles. The number of nitrogens with one attached hydrogen (secondary N) is 2. The van der Waals surface area contributed by atoms with E-state index >= 15 is 0 Å².